The van der Waals surface area contributed by atoms with Crippen molar-refractivity contribution in [3.05, 3.63) is 29.6 Å². The fourth-order valence-corrected chi connectivity index (χ4v) is 3.80. The number of hydrogen-bond acceptors (Lipinski definition) is 3. The molecule has 0 saturated carbocycles. The van der Waals surface area contributed by atoms with Gasteiger partial charge in [0.1, 0.15) is 11.6 Å². The zero-order valence-corrected chi connectivity index (χ0v) is 12.2. The molecule has 1 aromatic rings. The van der Waals surface area contributed by atoms with Crippen LogP contribution in [-0.4, -0.2) is 34.0 Å². The molecule has 0 spiro atoms. The third kappa shape index (κ3) is 3.02. The van der Waals surface area contributed by atoms with E-state index in [9.17, 15) is 14.3 Å². The van der Waals surface area contributed by atoms with Crippen molar-refractivity contribution in [3.8, 4) is 5.75 Å². The zero-order chi connectivity index (χ0) is 15.0. The molecule has 2 aliphatic heterocycles. The lowest BCUT2D eigenvalue weighted by atomic mass is 9.96. The number of rotatable bonds is 3. The molecule has 4 nitrogen and oxygen atoms in total. The van der Waals surface area contributed by atoms with Crippen molar-refractivity contribution >= 4 is 5.91 Å². The molecule has 21 heavy (non-hydrogen) atoms. The number of fused-ring (bicyclic) bond motifs is 2. The van der Waals surface area contributed by atoms with Crippen LogP contribution in [0.15, 0.2) is 18.2 Å². The lowest BCUT2D eigenvalue weighted by molar-refractivity contribution is -0.120. The molecule has 2 saturated heterocycles. The molecular weight excluding hydrogens is 271 g/mol. The Morgan fingerprint density at radius 1 is 1.38 bits per heavy atom. The van der Waals surface area contributed by atoms with Crippen molar-refractivity contribution in [2.45, 2.75) is 57.3 Å². The molecule has 2 aliphatic rings. The van der Waals surface area contributed by atoms with Gasteiger partial charge in [-0.15, -0.1) is 0 Å². The number of halogens is 1. The van der Waals surface area contributed by atoms with Crippen LogP contribution in [0.2, 0.25) is 0 Å². The number of carbonyl (C=O) groups excluding carboxylic acids is 1. The van der Waals surface area contributed by atoms with Gasteiger partial charge in [0.15, 0.2) is 0 Å². The first-order chi connectivity index (χ1) is 10.0. The Bertz CT molecular complexity index is 535. The number of carbonyl (C=O) groups is 1. The minimum absolute atomic E-state index is 0.0254. The van der Waals surface area contributed by atoms with E-state index >= 15 is 0 Å². The monoisotopic (exact) mass is 292 g/mol. The average Bonchev–Trinajstić information content (AvgIpc) is 2.64. The molecule has 3 rings (SSSR count). The van der Waals surface area contributed by atoms with E-state index < -0.39 is 0 Å². The van der Waals surface area contributed by atoms with Crippen molar-refractivity contribution in [1.82, 2.24) is 10.2 Å². The highest BCUT2D eigenvalue weighted by molar-refractivity contribution is 5.73. The van der Waals surface area contributed by atoms with Crippen LogP contribution >= 0.6 is 0 Å². The van der Waals surface area contributed by atoms with Gasteiger partial charge >= 0.3 is 0 Å². The molecule has 1 amide bonds. The summed E-state index contributed by atoms with van der Waals surface area (Å²) >= 11 is 0. The number of phenols is 1. The SMILES string of the molecule is CC(=O)NC1C[C@H]2CC[C@@H](C1)N2Cc1ccc(O)cc1F. The molecule has 1 aromatic carbocycles. The van der Waals surface area contributed by atoms with E-state index in [-0.39, 0.29) is 23.5 Å². The second-order valence-electron chi connectivity index (χ2n) is 6.20. The fraction of sp³-hybridized carbons (Fsp3) is 0.562. The molecule has 3 atom stereocenters. The van der Waals surface area contributed by atoms with Crippen molar-refractivity contribution in [2.24, 2.45) is 0 Å². The van der Waals surface area contributed by atoms with Crippen LogP contribution in [0.25, 0.3) is 0 Å². The molecule has 114 valence electrons. The largest absolute Gasteiger partial charge is 0.508 e. The van der Waals surface area contributed by atoms with Crippen molar-refractivity contribution in [1.29, 1.82) is 0 Å². The summed E-state index contributed by atoms with van der Waals surface area (Å²) < 4.78 is 13.9. The van der Waals surface area contributed by atoms with Gasteiger partial charge in [-0.2, -0.15) is 0 Å². The quantitative estimate of drug-likeness (QED) is 0.897. The minimum Gasteiger partial charge on any atom is -0.508 e. The summed E-state index contributed by atoms with van der Waals surface area (Å²) in [7, 11) is 0. The Kier molecular flexibility index (Phi) is 3.85. The maximum absolute atomic E-state index is 13.9. The minimum atomic E-state index is -0.349. The summed E-state index contributed by atoms with van der Waals surface area (Å²) in [5.41, 5.74) is 0.627. The number of benzene rings is 1. The summed E-state index contributed by atoms with van der Waals surface area (Å²) in [6.07, 6.45) is 4.10. The lowest BCUT2D eigenvalue weighted by Crippen LogP contribution is -2.49. The van der Waals surface area contributed by atoms with Gasteiger partial charge in [0, 0.05) is 43.2 Å². The smallest absolute Gasteiger partial charge is 0.217 e. The molecule has 0 aliphatic carbocycles. The van der Waals surface area contributed by atoms with E-state index in [1.165, 1.54) is 12.1 Å². The molecule has 2 N–H and O–H groups in total. The van der Waals surface area contributed by atoms with Gasteiger partial charge in [-0.25, -0.2) is 4.39 Å². The molecule has 0 aromatic heterocycles. The normalized spacial score (nSPS) is 28.6. The fourth-order valence-electron chi connectivity index (χ4n) is 3.80. The lowest BCUT2D eigenvalue weighted by Gasteiger charge is -2.39. The maximum atomic E-state index is 13.9. The second kappa shape index (κ2) is 5.64. The highest BCUT2D eigenvalue weighted by Crippen LogP contribution is 2.37. The highest BCUT2D eigenvalue weighted by atomic mass is 19.1. The van der Waals surface area contributed by atoms with Gasteiger partial charge < -0.3 is 10.4 Å². The number of hydrogen-bond donors (Lipinski definition) is 2. The Hall–Kier alpha value is -1.62. The first kappa shape index (κ1) is 14.3. The molecule has 5 heteroatoms. The van der Waals surface area contributed by atoms with E-state index in [0.717, 1.165) is 25.7 Å². The van der Waals surface area contributed by atoms with Gasteiger partial charge in [-0.05, 0) is 31.7 Å². The van der Waals surface area contributed by atoms with Crippen LogP contribution in [0.4, 0.5) is 4.39 Å². The second-order valence-corrected chi connectivity index (χ2v) is 6.20. The van der Waals surface area contributed by atoms with Crippen molar-refractivity contribution in [3.63, 3.8) is 0 Å². The van der Waals surface area contributed by atoms with Gasteiger partial charge in [0.25, 0.3) is 0 Å². The first-order valence-electron chi connectivity index (χ1n) is 7.53. The average molecular weight is 292 g/mol. The molecule has 1 unspecified atom stereocenters. The number of piperidine rings is 1. The third-order valence-electron chi connectivity index (χ3n) is 4.68. The molecule has 0 radical (unpaired) electrons. The molecular formula is C16H21FN2O2. The van der Waals surface area contributed by atoms with Gasteiger partial charge in [-0.3, -0.25) is 9.69 Å². The number of nitrogens with one attached hydrogen (secondary N) is 1. The van der Waals surface area contributed by atoms with E-state index in [0.29, 0.717) is 24.2 Å². The molecule has 2 bridgehead atoms. The summed E-state index contributed by atoms with van der Waals surface area (Å²) in [5.74, 6) is -0.362. The van der Waals surface area contributed by atoms with E-state index in [4.69, 9.17) is 0 Å². The van der Waals surface area contributed by atoms with Crippen LogP contribution in [0, 0.1) is 5.82 Å². The number of phenolic OH excluding ortho intramolecular Hbond substituents is 1. The maximum Gasteiger partial charge on any atom is 0.217 e. The number of nitrogens with zero attached hydrogens (tertiary/aromatic N) is 1. The van der Waals surface area contributed by atoms with Gasteiger partial charge in [0.05, 0.1) is 0 Å². The Morgan fingerprint density at radius 2 is 2.05 bits per heavy atom. The summed E-state index contributed by atoms with van der Waals surface area (Å²) in [6, 6.07) is 5.43. The first-order valence-corrected chi connectivity index (χ1v) is 7.53. The van der Waals surface area contributed by atoms with Crippen LogP contribution in [0.5, 0.6) is 5.75 Å². The highest BCUT2D eigenvalue weighted by Gasteiger charge is 2.40. The van der Waals surface area contributed by atoms with Gasteiger partial charge in [-0.1, -0.05) is 6.07 Å². The van der Waals surface area contributed by atoms with Crippen LogP contribution in [0.1, 0.15) is 38.2 Å². The zero-order valence-electron chi connectivity index (χ0n) is 12.2. The topological polar surface area (TPSA) is 52.6 Å². The number of amides is 1. The van der Waals surface area contributed by atoms with E-state index in [1.54, 1.807) is 13.0 Å². The third-order valence-corrected chi connectivity index (χ3v) is 4.68. The summed E-state index contributed by atoms with van der Waals surface area (Å²) in [6.45, 7) is 2.13. The summed E-state index contributed by atoms with van der Waals surface area (Å²) in [4.78, 5) is 13.6. The van der Waals surface area contributed by atoms with Crippen LogP contribution < -0.4 is 5.32 Å². The molecule has 2 fully saturated rings. The standard InChI is InChI=1S/C16H21FN2O2/c1-10(20)18-12-6-13-3-4-14(7-12)19(13)9-11-2-5-15(21)8-16(11)17/h2,5,8,12-14,21H,3-4,6-7,9H2,1H3,(H,18,20)/t12?,13-,14+. The predicted molar refractivity (Wildman–Crippen MR) is 77.3 cm³/mol. The Balaban J connectivity index is 1.69. The Morgan fingerprint density at radius 3 is 2.62 bits per heavy atom. The Labute approximate surface area is 124 Å². The van der Waals surface area contributed by atoms with Crippen molar-refractivity contribution in [2.75, 3.05) is 0 Å². The predicted octanol–water partition coefficient (Wildman–Crippen LogP) is 2.16. The number of aromatic hydroxyl groups is 1. The van der Waals surface area contributed by atoms with E-state index in [2.05, 4.69) is 10.2 Å². The van der Waals surface area contributed by atoms with Crippen LogP contribution in [-0.2, 0) is 11.3 Å². The van der Waals surface area contributed by atoms with Gasteiger partial charge in [0.2, 0.25) is 5.91 Å². The van der Waals surface area contributed by atoms with E-state index in [1.807, 2.05) is 0 Å². The molecule has 2 heterocycles. The van der Waals surface area contributed by atoms with Crippen molar-refractivity contribution < 1.29 is 14.3 Å². The van der Waals surface area contributed by atoms with Crippen LogP contribution in [0.3, 0.4) is 0 Å². The summed E-state index contributed by atoms with van der Waals surface area (Å²) in [5, 5.41) is 12.3.